The van der Waals surface area contributed by atoms with Gasteiger partial charge in [-0.1, -0.05) is 52.3 Å². The van der Waals surface area contributed by atoms with E-state index in [1.807, 2.05) is 18.3 Å². The fraction of sp³-hybridized carbons (Fsp3) is 0.536. The van der Waals surface area contributed by atoms with Crippen molar-refractivity contribution in [2.24, 2.45) is 16.3 Å². The minimum atomic E-state index is 0.268. The number of ether oxygens (including phenoxy) is 1. The lowest BCUT2D eigenvalue weighted by Gasteiger charge is -2.55. The van der Waals surface area contributed by atoms with Crippen LogP contribution in [0.2, 0.25) is 0 Å². The Hall–Kier alpha value is -2.09. The van der Waals surface area contributed by atoms with Gasteiger partial charge in [-0.15, -0.1) is 0 Å². The smallest absolute Gasteiger partial charge is 0.118 e. The monoisotopic (exact) mass is 403 g/mol. The lowest BCUT2D eigenvalue weighted by molar-refractivity contribution is 0.0332. The maximum absolute atomic E-state index is 5.26. The Morgan fingerprint density at radius 1 is 1.10 bits per heavy atom. The third-order valence-corrected chi connectivity index (χ3v) is 7.98. The summed E-state index contributed by atoms with van der Waals surface area (Å²) in [4.78, 5) is 4.94. The van der Waals surface area contributed by atoms with E-state index >= 15 is 0 Å². The summed E-state index contributed by atoms with van der Waals surface area (Å²) in [7, 11) is 1.70. The van der Waals surface area contributed by atoms with E-state index in [2.05, 4.69) is 58.0 Å². The Balaban J connectivity index is 1.56. The summed E-state index contributed by atoms with van der Waals surface area (Å²) < 4.78 is 5.26. The quantitative estimate of drug-likeness (QED) is 0.495. The van der Waals surface area contributed by atoms with Crippen LogP contribution in [0, 0.1) is 11.3 Å². The summed E-state index contributed by atoms with van der Waals surface area (Å²) in [6.45, 7) is 10.5. The Bertz CT molecular complexity index is 913. The maximum atomic E-state index is 5.26. The molecule has 0 N–H and O–H groups in total. The van der Waals surface area contributed by atoms with Gasteiger partial charge in [0, 0.05) is 12.8 Å². The minimum absolute atomic E-state index is 0.268. The Kier molecular flexibility index (Phi) is 5.79. The highest BCUT2D eigenvalue weighted by atomic mass is 16.5. The van der Waals surface area contributed by atoms with Gasteiger partial charge in [-0.05, 0) is 94.9 Å². The largest absolute Gasteiger partial charge is 0.497 e. The molecule has 4 rings (SSSR count). The average Bonchev–Trinajstić information content (AvgIpc) is 2.73. The molecular weight excluding hydrogens is 366 g/mol. The van der Waals surface area contributed by atoms with E-state index in [9.17, 15) is 0 Å². The number of hydrogen-bond donors (Lipinski definition) is 0. The Labute approximate surface area is 182 Å². The molecule has 0 aliphatic heterocycles. The zero-order valence-electron chi connectivity index (χ0n) is 19.4. The van der Waals surface area contributed by atoms with E-state index in [4.69, 9.17) is 9.73 Å². The van der Waals surface area contributed by atoms with Crippen LogP contribution in [0.25, 0.3) is 0 Å². The summed E-state index contributed by atoms with van der Waals surface area (Å²) in [5, 5.41) is 0. The number of aryl methyl sites for hydroxylation is 1. The molecule has 2 aromatic rings. The van der Waals surface area contributed by atoms with Crippen LogP contribution in [0.3, 0.4) is 0 Å². The Morgan fingerprint density at radius 3 is 2.57 bits per heavy atom. The van der Waals surface area contributed by atoms with Gasteiger partial charge < -0.3 is 4.74 Å². The highest BCUT2D eigenvalue weighted by molar-refractivity contribution is 5.79. The molecule has 3 atom stereocenters. The van der Waals surface area contributed by atoms with Gasteiger partial charge in [0.25, 0.3) is 0 Å². The zero-order valence-corrected chi connectivity index (χ0v) is 19.4. The molecule has 0 radical (unpaired) electrons. The number of methoxy groups -OCH3 is 1. The zero-order chi connectivity index (χ0) is 21.4. The van der Waals surface area contributed by atoms with Gasteiger partial charge in [0.05, 0.1) is 7.11 Å². The highest BCUT2D eigenvalue weighted by Gasteiger charge is 2.51. The second-order valence-electron chi connectivity index (χ2n) is 10.3. The molecule has 0 aromatic heterocycles. The Morgan fingerprint density at radius 2 is 1.87 bits per heavy atom. The molecule has 0 heterocycles. The summed E-state index contributed by atoms with van der Waals surface area (Å²) >= 11 is 0. The van der Waals surface area contributed by atoms with Crippen molar-refractivity contribution in [2.75, 3.05) is 13.7 Å². The lowest BCUT2D eigenvalue weighted by Crippen LogP contribution is -2.50. The molecule has 2 aliphatic rings. The molecule has 1 saturated carbocycles. The van der Waals surface area contributed by atoms with Crippen LogP contribution in [0.15, 0.2) is 47.5 Å². The molecule has 0 amide bonds. The lowest BCUT2D eigenvalue weighted by atomic mass is 9.50. The molecule has 2 nitrogen and oxygen atoms in total. The third kappa shape index (κ3) is 3.82. The maximum Gasteiger partial charge on any atom is 0.118 e. The summed E-state index contributed by atoms with van der Waals surface area (Å²) in [6.07, 6.45) is 8.44. The van der Waals surface area contributed by atoms with Gasteiger partial charge in [-0.3, -0.25) is 4.99 Å². The molecule has 2 aromatic carbocycles. The van der Waals surface area contributed by atoms with Gasteiger partial charge in [-0.2, -0.15) is 0 Å². The van der Waals surface area contributed by atoms with Crippen LogP contribution in [-0.2, 0) is 11.8 Å². The second-order valence-corrected chi connectivity index (χ2v) is 10.3. The normalized spacial score (nSPS) is 28.4. The fourth-order valence-electron chi connectivity index (χ4n) is 6.24. The van der Waals surface area contributed by atoms with Crippen molar-refractivity contribution in [3.05, 3.63) is 64.7 Å². The minimum Gasteiger partial charge on any atom is -0.497 e. The van der Waals surface area contributed by atoms with E-state index in [1.165, 1.54) is 37.7 Å². The van der Waals surface area contributed by atoms with Gasteiger partial charge in [0.1, 0.15) is 5.75 Å². The number of rotatable bonds is 5. The number of fused-ring (bicyclic) bond motifs is 3. The van der Waals surface area contributed by atoms with Crippen LogP contribution in [0.1, 0.15) is 81.5 Å². The molecule has 160 valence electrons. The molecule has 0 bridgehead atoms. The standard InChI is InChI=1S/C28H37NO/c1-20(2)22-9-13-25-23(17-22)10-14-26-27(3,15-6-16-28(25,26)4)19-29-18-21-7-11-24(30-5)12-8-21/h7-9,11-13,17-18,20,26H,6,10,14-16,19H2,1-5H3/t26-,27-,28+/m0/s1. The van der Waals surface area contributed by atoms with Gasteiger partial charge >= 0.3 is 0 Å². The summed E-state index contributed by atoms with van der Waals surface area (Å²) in [5.74, 6) is 2.19. The second kappa shape index (κ2) is 8.21. The number of benzene rings is 2. The first kappa shape index (κ1) is 21.2. The number of hydrogen-bond acceptors (Lipinski definition) is 2. The van der Waals surface area contributed by atoms with Crippen molar-refractivity contribution >= 4 is 6.21 Å². The molecular formula is C28H37NO. The molecule has 1 fully saturated rings. The van der Waals surface area contributed by atoms with Crippen LogP contribution >= 0.6 is 0 Å². The predicted octanol–water partition coefficient (Wildman–Crippen LogP) is 6.95. The van der Waals surface area contributed by atoms with E-state index < -0.39 is 0 Å². The van der Waals surface area contributed by atoms with Gasteiger partial charge in [-0.25, -0.2) is 0 Å². The molecule has 0 spiro atoms. The third-order valence-electron chi connectivity index (χ3n) is 7.98. The highest BCUT2D eigenvalue weighted by Crippen LogP contribution is 2.57. The summed E-state index contributed by atoms with van der Waals surface area (Å²) in [6, 6.07) is 15.5. The number of aliphatic imine (C=N–C) groups is 1. The fourth-order valence-corrected chi connectivity index (χ4v) is 6.24. The van der Waals surface area contributed by atoms with Crippen LogP contribution in [0.4, 0.5) is 0 Å². The van der Waals surface area contributed by atoms with Crippen molar-refractivity contribution < 1.29 is 4.74 Å². The molecule has 30 heavy (non-hydrogen) atoms. The van der Waals surface area contributed by atoms with Crippen LogP contribution in [0.5, 0.6) is 5.75 Å². The average molecular weight is 404 g/mol. The van der Waals surface area contributed by atoms with Crippen molar-refractivity contribution in [1.29, 1.82) is 0 Å². The SMILES string of the molecule is COc1ccc(C=NC[C@]2(C)CCC[C@]3(C)c4ccc(C(C)C)cc4CC[C@@H]23)cc1. The first-order valence-electron chi connectivity index (χ1n) is 11.6. The number of nitrogens with zero attached hydrogens (tertiary/aromatic N) is 1. The van der Waals surface area contributed by atoms with E-state index in [-0.39, 0.29) is 10.8 Å². The van der Waals surface area contributed by atoms with E-state index in [0.717, 1.165) is 17.9 Å². The predicted molar refractivity (Wildman–Crippen MR) is 127 cm³/mol. The molecule has 0 unspecified atom stereocenters. The topological polar surface area (TPSA) is 21.6 Å². The van der Waals surface area contributed by atoms with E-state index in [1.54, 1.807) is 18.2 Å². The van der Waals surface area contributed by atoms with Gasteiger partial charge in [0.2, 0.25) is 0 Å². The van der Waals surface area contributed by atoms with Crippen molar-refractivity contribution in [3.8, 4) is 5.75 Å². The first-order chi connectivity index (χ1) is 14.4. The van der Waals surface area contributed by atoms with Crippen molar-refractivity contribution in [2.45, 2.75) is 71.1 Å². The molecule has 2 aliphatic carbocycles. The van der Waals surface area contributed by atoms with Crippen LogP contribution < -0.4 is 4.74 Å². The van der Waals surface area contributed by atoms with Crippen molar-refractivity contribution in [1.82, 2.24) is 0 Å². The first-order valence-corrected chi connectivity index (χ1v) is 11.6. The van der Waals surface area contributed by atoms with Crippen molar-refractivity contribution in [3.63, 3.8) is 0 Å². The molecule has 2 heteroatoms. The molecule has 0 saturated heterocycles. The summed E-state index contributed by atoms with van der Waals surface area (Å²) in [5.41, 5.74) is 6.40. The van der Waals surface area contributed by atoms with E-state index in [0.29, 0.717) is 11.8 Å². The van der Waals surface area contributed by atoms with Gasteiger partial charge in [0.15, 0.2) is 0 Å². The van der Waals surface area contributed by atoms with Crippen LogP contribution in [-0.4, -0.2) is 19.9 Å².